The fourth-order valence-corrected chi connectivity index (χ4v) is 3.84. The van der Waals surface area contributed by atoms with Gasteiger partial charge >= 0.3 is 0 Å². The zero-order valence-electron chi connectivity index (χ0n) is 15.3. The normalized spacial score (nSPS) is 15.9. The number of hydrogen-bond acceptors (Lipinski definition) is 4. The second kappa shape index (κ2) is 7.86. The number of hydrogen-bond donors (Lipinski definition) is 0. The summed E-state index contributed by atoms with van der Waals surface area (Å²) in [7, 11) is 0. The zero-order valence-corrected chi connectivity index (χ0v) is 15.3. The fraction of sp³-hybridized carbons (Fsp3) is 0.273. The number of nitrogens with zero attached hydrogens (tertiary/aromatic N) is 3. The molecule has 4 rings (SSSR count). The highest BCUT2D eigenvalue weighted by Gasteiger charge is 2.20. The lowest BCUT2D eigenvalue weighted by Gasteiger charge is -2.34. The second-order valence-corrected chi connectivity index (χ2v) is 7.08. The molecule has 138 valence electrons. The van der Waals surface area contributed by atoms with Crippen LogP contribution in [0.25, 0.3) is 10.8 Å². The van der Waals surface area contributed by atoms with Gasteiger partial charge in [-0.2, -0.15) is 0 Å². The van der Waals surface area contributed by atoms with Crippen LogP contribution in [0.15, 0.2) is 66.7 Å². The Morgan fingerprint density at radius 1 is 0.741 bits per heavy atom. The van der Waals surface area contributed by atoms with E-state index >= 15 is 0 Å². The van der Waals surface area contributed by atoms with E-state index in [1.807, 2.05) is 12.1 Å². The van der Waals surface area contributed by atoms with Gasteiger partial charge in [0, 0.05) is 50.9 Å². The molecule has 0 atom stereocenters. The van der Waals surface area contributed by atoms with Crippen molar-refractivity contribution in [2.45, 2.75) is 13.1 Å². The van der Waals surface area contributed by atoms with Crippen molar-refractivity contribution in [3.8, 4) is 0 Å². The van der Waals surface area contributed by atoms with Gasteiger partial charge in [0.1, 0.15) is 0 Å². The zero-order chi connectivity index (χ0) is 18.6. The van der Waals surface area contributed by atoms with E-state index in [1.54, 1.807) is 12.1 Å². The molecule has 0 amide bonds. The predicted octanol–water partition coefficient (Wildman–Crippen LogP) is 4.07. The largest absolute Gasteiger partial charge is 0.297 e. The van der Waals surface area contributed by atoms with Gasteiger partial charge in [-0.3, -0.25) is 19.9 Å². The van der Waals surface area contributed by atoms with E-state index in [-0.39, 0.29) is 10.6 Å². The third-order valence-corrected chi connectivity index (χ3v) is 5.32. The lowest BCUT2D eigenvalue weighted by Crippen LogP contribution is -2.45. The molecular weight excluding hydrogens is 338 g/mol. The summed E-state index contributed by atoms with van der Waals surface area (Å²) in [6.07, 6.45) is 0. The van der Waals surface area contributed by atoms with Crippen LogP contribution in [0.2, 0.25) is 0 Å². The maximum Gasteiger partial charge on any atom is 0.273 e. The average Bonchev–Trinajstić information content (AvgIpc) is 2.70. The van der Waals surface area contributed by atoms with Crippen LogP contribution in [0.3, 0.4) is 0 Å². The number of fused-ring (bicyclic) bond motifs is 1. The SMILES string of the molecule is O=[N+]([O-])c1ccccc1CN1CCN(Cc2cccc3ccccc23)CC1. The summed E-state index contributed by atoms with van der Waals surface area (Å²) in [6.45, 7) is 5.39. The lowest BCUT2D eigenvalue weighted by atomic mass is 10.0. The summed E-state index contributed by atoms with van der Waals surface area (Å²) in [6, 6.07) is 22.1. The minimum absolute atomic E-state index is 0.218. The first-order chi connectivity index (χ1) is 13.2. The monoisotopic (exact) mass is 361 g/mol. The number of nitro groups is 1. The topological polar surface area (TPSA) is 49.6 Å². The Hall–Kier alpha value is -2.76. The van der Waals surface area contributed by atoms with E-state index in [0.29, 0.717) is 6.54 Å². The molecule has 0 saturated carbocycles. The van der Waals surface area contributed by atoms with E-state index in [9.17, 15) is 10.1 Å². The summed E-state index contributed by atoms with van der Waals surface area (Å²) in [4.78, 5) is 15.7. The Labute approximate surface area is 159 Å². The van der Waals surface area contributed by atoms with Gasteiger partial charge in [0.15, 0.2) is 0 Å². The first-order valence-electron chi connectivity index (χ1n) is 9.34. The van der Waals surface area contributed by atoms with E-state index in [0.717, 1.165) is 38.3 Å². The molecule has 1 aliphatic heterocycles. The van der Waals surface area contributed by atoms with Crippen molar-refractivity contribution >= 4 is 16.5 Å². The predicted molar refractivity (Wildman–Crippen MR) is 108 cm³/mol. The maximum atomic E-state index is 11.2. The third-order valence-electron chi connectivity index (χ3n) is 5.32. The average molecular weight is 361 g/mol. The Kier molecular flexibility index (Phi) is 5.14. The van der Waals surface area contributed by atoms with Crippen LogP contribution in [-0.4, -0.2) is 40.9 Å². The molecule has 5 heteroatoms. The molecule has 3 aromatic carbocycles. The van der Waals surface area contributed by atoms with Crippen molar-refractivity contribution in [3.05, 3.63) is 88.0 Å². The number of nitro benzene ring substituents is 1. The minimum atomic E-state index is -0.286. The Morgan fingerprint density at radius 2 is 1.30 bits per heavy atom. The van der Waals surface area contributed by atoms with Gasteiger partial charge < -0.3 is 0 Å². The van der Waals surface area contributed by atoms with Crippen molar-refractivity contribution in [2.75, 3.05) is 26.2 Å². The molecule has 1 heterocycles. The van der Waals surface area contributed by atoms with Crippen molar-refractivity contribution in [1.29, 1.82) is 0 Å². The van der Waals surface area contributed by atoms with Crippen LogP contribution >= 0.6 is 0 Å². The number of rotatable bonds is 5. The minimum Gasteiger partial charge on any atom is -0.297 e. The van der Waals surface area contributed by atoms with Gasteiger partial charge in [0.05, 0.1) is 4.92 Å². The molecule has 0 aliphatic carbocycles. The van der Waals surface area contributed by atoms with Gasteiger partial charge in [0.2, 0.25) is 0 Å². The summed E-state index contributed by atoms with van der Waals surface area (Å²) in [5.41, 5.74) is 2.38. The molecule has 0 spiro atoms. The Morgan fingerprint density at radius 3 is 2.04 bits per heavy atom. The van der Waals surface area contributed by atoms with Crippen LogP contribution in [0, 0.1) is 10.1 Å². The molecule has 5 nitrogen and oxygen atoms in total. The highest BCUT2D eigenvalue weighted by Crippen LogP contribution is 2.22. The number of benzene rings is 3. The molecule has 0 N–H and O–H groups in total. The molecule has 1 saturated heterocycles. The van der Waals surface area contributed by atoms with Gasteiger partial charge in [0.25, 0.3) is 5.69 Å². The van der Waals surface area contributed by atoms with Gasteiger partial charge in [-0.05, 0) is 16.3 Å². The summed E-state index contributed by atoms with van der Waals surface area (Å²) in [5.74, 6) is 0. The van der Waals surface area contributed by atoms with Crippen molar-refractivity contribution in [3.63, 3.8) is 0 Å². The van der Waals surface area contributed by atoms with E-state index in [4.69, 9.17) is 0 Å². The highest BCUT2D eigenvalue weighted by atomic mass is 16.6. The Bertz CT molecular complexity index is 944. The summed E-state index contributed by atoms with van der Waals surface area (Å²) < 4.78 is 0. The highest BCUT2D eigenvalue weighted by molar-refractivity contribution is 5.85. The molecule has 0 unspecified atom stereocenters. The van der Waals surface area contributed by atoms with Crippen LogP contribution in [-0.2, 0) is 13.1 Å². The van der Waals surface area contributed by atoms with Crippen LogP contribution < -0.4 is 0 Å². The van der Waals surface area contributed by atoms with E-state index < -0.39 is 0 Å². The molecule has 27 heavy (non-hydrogen) atoms. The van der Waals surface area contributed by atoms with Crippen LogP contribution in [0.1, 0.15) is 11.1 Å². The maximum absolute atomic E-state index is 11.2. The van der Waals surface area contributed by atoms with E-state index in [1.165, 1.54) is 16.3 Å². The first-order valence-corrected chi connectivity index (χ1v) is 9.34. The van der Waals surface area contributed by atoms with Crippen molar-refractivity contribution in [1.82, 2.24) is 9.80 Å². The van der Waals surface area contributed by atoms with Crippen LogP contribution in [0.4, 0.5) is 5.69 Å². The number of piperazine rings is 1. The van der Waals surface area contributed by atoms with Gasteiger partial charge in [-0.1, -0.05) is 60.7 Å². The molecular formula is C22H23N3O2. The van der Waals surface area contributed by atoms with Crippen LogP contribution in [0.5, 0.6) is 0 Å². The Balaban J connectivity index is 1.39. The van der Waals surface area contributed by atoms with Gasteiger partial charge in [-0.15, -0.1) is 0 Å². The second-order valence-electron chi connectivity index (χ2n) is 7.08. The molecule has 1 aliphatic rings. The molecule has 1 fully saturated rings. The summed E-state index contributed by atoms with van der Waals surface area (Å²) in [5, 5.41) is 13.8. The smallest absolute Gasteiger partial charge is 0.273 e. The third kappa shape index (κ3) is 3.99. The fourth-order valence-electron chi connectivity index (χ4n) is 3.84. The molecule has 0 radical (unpaired) electrons. The molecule has 3 aromatic rings. The quantitative estimate of drug-likeness (QED) is 0.508. The summed E-state index contributed by atoms with van der Waals surface area (Å²) >= 11 is 0. The first kappa shape index (κ1) is 17.6. The molecule has 0 bridgehead atoms. The lowest BCUT2D eigenvalue weighted by molar-refractivity contribution is -0.385. The van der Waals surface area contributed by atoms with Gasteiger partial charge in [-0.25, -0.2) is 0 Å². The van der Waals surface area contributed by atoms with Crippen molar-refractivity contribution in [2.24, 2.45) is 0 Å². The molecule has 0 aromatic heterocycles. The van der Waals surface area contributed by atoms with E-state index in [2.05, 4.69) is 52.3 Å². The standard InChI is InChI=1S/C22H23N3O2/c26-25(27)22-11-4-2-7-20(22)17-24-14-12-23(13-15-24)16-19-9-5-8-18-6-1-3-10-21(18)19/h1-11H,12-17H2. The number of para-hydroxylation sites is 1. The van der Waals surface area contributed by atoms with Crippen molar-refractivity contribution < 1.29 is 4.92 Å².